The van der Waals surface area contributed by atoms with Gasteiger partial charge in [-0.15, -0.1) is 0 Å². The van der Waals surface area contributed by atoms with Crippen LogP contribution >= 0.6 is 0 Å². The van der Waals surface area contributed by atoms with E-state index >= 15 is 0 Å². The molecular formula is C11H12N2O. The summed E-state index contributed by atoms with van der Waals surface area (Å²) in [5.74, 6) is 0.748. The number of hydrogen-bond acceptors (Lipinski definition) is 3. The Morgan fingerprint density at radius 2 is 2.21 bits per heavy atom. The van der Waals surface area contributed by atoms with Crippen LogP contribution in [-0.4, -0.2) is 4.98 Å². The van der Waals surface area contributed by atoms with Gasteiger partial charge in [-0.05, 0) is 42.9 Å². The van der Waals surface area contributed by atoms with Crippen molar-refractivity contribution in [1.29, 1.82) is 0 Å². The van der Waals surface area contributed by atoms with Gasteiger partial charge in [0.25, 0.3) is 6.01 Å². The summed E-state index contributed by atoms with van der Waals surface area (Å²) in [7, 11) is 0. The Bertz CT molecular complexity index is 497. The van der Waals surface area contributed by atoms with Gasteiger partial charge in [0.05, 0.1) is 0 Å². The molecule has 0 bridgehead atoms. The zero-order valence-electron chi connectivity index (χ0n) is 8.08. The lowest BCUT2D eigenvalue weighted by Crippen LogP contribution is -1.87. The minimum absolute atomic E-state index is 0.260. The third-order valence-corrected chi connectivity index (χ3v) is 2.89. The summed E-state index contributed by atoms with van der Waals surface area (Å²) in [6.07, 6.45) is 2.61. The molecular weight excluding hydrogens is 176 g/mol. The van der Waals surface area contributed by atoms with Crippen LogP contribution in [0.1, 0.15) is 29.9 Å². The Balaban J connectivity index is 2.29. The number of nitrogens with two attached hydrogens (primary N) is 1. The molecule has 2 N–H and O–H groups in total. The van der Waals surface area contributed by atoms with Crippen molar-refractivity contribution in [3.05, 3.63) is 23.3 Å². The fourth-order valence-electron chi connectivity index (χ4n) is 1.99. The van der Waals surface area contributed by atoms with Gasteiger partial charge in [-0.3, -0.25) is 0 Å². The van der Waals surface area contributed by atoms with E-state index in [1.54, 1.807) is 0 Å². The lowest BCUT2D eigenvalue weighted by atomic mass is 10.0. The molecule has 0 saturated heterocycles. The number of benzene rings is 1. The van der Waals surface area contributed by atoms with Crippen molar-refractivity contribution in [2.24, 2.45) is 0 Å². The number of anilines is 1. The molecule has 3 nitrogen and oxygen atoms in total. The molecule has 0 radical (unpaired) electrons. The Hall–Kier alpha value is -1.51. The highest BCUT2D eigenvalue weighted by atomic mass is 16.4. The average molecular weight is 188 g/mol. The van der Waals surface area contributed by atoms with Crippen molar-refractivity contribution in [2.75, 3.05) is 5.73 Å². The monoisotopic (exact) mass is 188 g/mol. The van der Waals surface area contributed by atoms with Crippen LogP contribution < -0.4 is 5.73 Å². The number of aromatic nitrogens is 1. The second kappa shape index (κ2) is 2.50. The molecule has 1 fully saturated rings. The van der Waals surface area contributed by atoms with Gasteiger partial charge < -0.3 is 10.2 Å². The predicted molar refractivity (Wildman–Crippen MR) is 55.1 cm³/mol. The van der Waals surface area contributed by atoms with Gasteiger partial charge in [-0.2, -0.15) is 4.98 Å². The molecule has 1 aromatic heterocycles. The van der Waals surface area contributed by atoms with Gasteiger partial charge in [0.1, 0.15) is 5.52 Å². The third kappa shape index (κ3) is 1.02. The Labute approximate surface area is 81.9 Å². The normalized spacial score (nSPS) is 16.4. The maximum atomic E-state index is 5.52. The first-order chi connectivity index (χ1) is 6.75. The Morgan fingerprint density at radius 1 is 1.43 bits per heavy atom. The van der Waals surface area contributed by atoms with E-state index in [1.807, 2.05) is 6.07 Å². The van der Waals surface area contributed by atoms with Gasteiger partial charge in [0, 0.05) is 0 Å². The number of oxazole rings is 1. The topological polar surface area (TPSA) is 52.0 Å². The van der Waals surface area contributed by atoms with E-state index in [1.165, 1.54) is 24.0 Å². The highest BCUT2D eigenvalue weighted by Gasteiger charge is 2.26. The summed E-state index contributed by atoms with van der Waals surface area (Å²) in [6, 6.07) is 4.37. The molecule has 1 aliphatic rings. The highest BCUT2D eigenvalue weighted by Crippen LogP contribution is 2.43. The molecule has 0 aliphatic heterocycles. The smallest absolute Gasteiger partial charge is 0.292 e. The molecule has 0 unspecified atom stereocenters. The van der Waals surface area contributed by atoms with Gasteiger partial charge in [-0.25, -0.2) is 0 Å². The van der Waals surface area contributed by atoms with Gasteiger partial charge in [0.15, 0.2) is 5.58 Å². The summed E-state index contributed by atoms with van der Waals surface area (Å²) in [5, 5.41) is 0. The number of nitrogens with zero attached hydrogens (tertiary/aromatic N) is 1. The summed E-state index contributed by atoms with van der Waals surface area (Å²) in [4.78, 5) is 4.19. The van der Waals surface area contributed by atoms with Crippen molar-refractivity contribution < 1.29 is 4.42 Å². The quantitative estimate of drug-likeness (QED) is 0.748. The van der Waals surface area contributed by atoms with Crippen molar-refractivity contribution in [3.63, 3.8) is 0 Å². The Morgan fingerprint density at radius 3 is 2.93 bits per heavy atom. The standard InChI is InChI=1S/C11H12N2O/c1-6-8(7-2-3-7)4-5-9-10(6)13-11(12)14-9/h4-5,7H,2-3H2,1H3,(H2,12,13). The zero-order valence-corrected chi connectivity index (χ0v) is 8.08. The van der Waals surface area contributed by atoms with E-state index in [0.717, 1.165) is 17.0 Å². The minimum Gasteiger partial charge on any atom is -0.424 e. The van der Waals surface area contributed by atoms with Crippen LogP contribution in [0.5, 0.6) is 0 Å². The molecule has 72 valence electrons. The second-order valence-corrected chi connectivity index (χ2v) is 3.95. The van der Waals surface area contributed by atoms with E-state index in [9.17, 15) is 0 Å². The summed E-state index contributed by atoms with van der Waals surface area (Å²) in [6.45, 7) is 2.10. The molecule has 14 heavy (non-hydrogen) atoms. The molecule has 0 amide bonds. The molecule has 1 saturated carbocycles. The zero-order chi connectivity index (χ0) is 9.71. The number of hydrogen-bond donors (Lipinski definition) is 1. The molecule has 0 spiro atoms. The van der Waals surface area contributed by atoms with Crippen LogP contribution in [0.4, 0.5) is 6.01 Å². The van der Waals surface area contributed by atoms with Crippen molar-refractivity contribution >= 4 is 17.1 Å². The molecule has 3 rings (SSSR count). The second-order valence-electron chi connectivity index (χ2n) is 3.95. The predicted octanol–water partition coefficient (Wildman–Crippen LogP) is 2.60. The van der Waals surface area contributed by atoms with Crippen LogP contribution in [0.15, 0.2) is 16.5 Å². The fraction of sp³-hybridized carbons (Fsp3) is 0.364. The van der Waals surface area contributed by atoms with Gasteiger partial charge in [0.2, 0.25) is 0 Å². The average Bonchev–Trinajstić information content (AvgIpc) is 2.89. The minimum atomic E-state index is 0.260. The van der Waals surface area contributed by atoms with Crippen LogP contribution in [0.3, 0.4) is 0 Å². The first kappa shape index (κ1) is 7.85. The number of rotatable bonds is 1. The summed E-state index contributed by atoms with van der Waals surface area (Å²) in [5.41, 5.74) is 9.88. The van der Waals surface area contributed by atoms with Crippen molar-refractivity contribution in [3.8, 4) is 0 Å². The number of fused-ring (bicyclic) bond motifs is 1. The van der Waals surface area contributed by atoms with E-state index in [0.29, 0.717) is 0 Å². The molecule has 1 heterocycles. The largest absolute Gasteiger partial charge is 0.424 e. The van der Waals surface area contributed by atoms with Crippen LogP contribution in [0, 0.1) is 6.92 Å². The van der Waals surface area contributed by atoms with Crippen LogP contribution in [-0.2, 0) is 0 Å². The van der Waals surface area contributed by atoms with E-state index in [-0.39, 0.29) is 6.01 Å². The molecule has 1 aromatic carbocycles. The lowest BCUT2D eigenvalue weighted by molar-refractivity contribution is 0.626. The van der Waals surface area contributed by atoms with Gasteiger partial charge >= 0.3 is 0 Å². The maximum absolute atomic E-state index is 5.52. The van der Waals surface area contributed by atoms with Crippen molar-refractivity contribution in [2.45, 2.75) is 25.7 Å². The van der Waals surface area contributed by atoms with Crippen molar-refractivity contribution in [1.82, 2.24) is 4.98 Å². The van der Waals surface area contributed by atoms with Gasteiger partial charge in [-0.1, -0.05) is 6.07 Å². The molecule has 3 heteroatoms. The highest BCUT2D eigenvalue weighted by molar-refractivity contribution is 5.79. The first-order valence-electron chi connectivity index (χ1n) is 4.91. The van der Waals surface area contributed by atoms with Crippen LogP contribution in [0.2, 0.25) is 0 Å². The fourth-order valence-corrected chi connectivity index (χ4v) is 1.99. The molecule has 2 aromatic rings. The maximum Gasteiger partial charge on any atom is 0.292 e. The van der Waals surface area contributed by atoms with E-state index < -0.39 is 0 Å². The van der Waals surface area contributed by atoms with E-state index in [4.69, 9.17) is 10.2 Å². The number of aryl methyl sites for hydroxylation is 1. The number of nitrogen functional groups attached to an aromatic ring is 1. The van der Waals surface area contributed by atoms with Crippen LogP contribution in [0.25, 0.3) is 11.1 Å². The first-order valence-corrected chi connectivity index (χ1v) is 4.91. The molecule has 0 atom stereocenters. The Kier molecular flexibility index (Phi) is 1.40. The van der Waals surface area contributed by atoms with E-state index in [2.05, 4.69) is 18.0 Å². The summed E-state index contributed by atoms with van der Waals surface area (Å²) >= 11 is 0. The SMILES string of the molecule is Cc1c(C2CC2)ccc2oc(N)nc12. The summed E-state index contributed by atoms with van der Waals surface area (Å²) < 4.78 is 5.27. The third-order valence-electron chi connectivity index (χ3n) is 2.89. The molecule has 1 aliphatic carbocycles. The lowest BCUT2D eigenvalue weighted by Gasteiger charge is -2.02.